The van der Waals surface area contributed by atoms with Crippen LogP contribution in [-0.2, 0) is 4.79 Å². The van der Waals surface area contributed by atoms with Crippen molar-refractivity contribution in [3.63, 3.8) is 0 Å². The van der Waals surface area contributed by atoms with Crippen molar-refractivity contribution in [1.29, 1.82) is 0 Å². The Morgan fingerprint density at radius 3 is 2.71 bits per heavy atom. The Bertz CT molecular complexity index is 438. The van der Waals surface area contributed by atoms with Gasteiger partial charge in [-0.05, 0) is 29.3 Å². The van der Waals surface area contributed by atoms with E-state index in [9.17, 15) is 9.59 Å². The number of carbonyl (C=O) groups is 2. The van der Waals surface area contributed by atoms with Crippen LogP contribution in [0.1, 0.15) is 4.88 Å². The summed E-state index contributed by atoms with van der Waals surface area (Å²) in [6.45, 7) is 0. The van der Waals surface area contributed by atoms with Crippen molar-refractivity contribution in [2.75, 3.05) is 0 Å². The molecule has 3 nitrogen and oxygen atoms in total. The fourth-order valence-corrected chi connectivity index (χ4v) is 2.73. The zero-order valence-electron chi connectivity index (χ0n) is 6.74. The minimum absolute atomic E-state index is 0.339. The molecule has 1 N–H and O–H groups in total. The molecule has 2 rings (SSSR count). The van der Waals surface area contributed by atoms with Gasteiger partial charge in [-0.25, -0.2) is 0 Å². The lowest BCUT2D eigenvalue weighted by molar-refractivity contribution is -0.115. The van der Waals surface area contributed by atoms with E-state index in [1.54, 1.807) is 12.1 Å². The molecule has 0 bridgehead atoms. The Kier molecular flexibility index (Phi) is 2.62. The Morgan fingerprint density at radius 1 is 1.43 bits per heavy atom. The number of hydrogen-bond donors (Lipinski definition) is 1. The normalized spacial score (nSPS) is 19.1. The third kappa shape index (κ3) is 1.84. The zero-order chi connectivity index (χ0) is 10.1. The standard InChI is InChI=1S/C8H4ClNO2S2/c9-4-1-2-13-5(4)3-6-7(11)10-8(12)14-6/h1-3H,(H,10,11,12)/b6-3-. The number of thiophene rings is 1. The molecule has 2 heterocycles. The number of carbonyl (C=O) groups excluding carboxylic acids is 2. The molecule has 6 heteroatoms. The molecule has 0 aromatic carbocycles. The molecule has 72 valence electrons. The third-order valence-corrected chi connectivity index (χ3v) is 3.67. The van der Waals surface area contributed by atoms with Crippen molar-refractivity contribution in [2.45, 2.75) is 0 Å². The van der Waals surface area contributed by atoms with Gasteiger partial charge in [-0.3, -0.25) is 14.9 Å². The zero-order valence-corrected chi connectivity index (χ0v) is 9.13. The van der Waals surface area contributed by atoms with Crippen LogP contribution in [0.15, 0.2) is 16.4 Å². The van der Waals surface area contributed by atoms with E-state index >= 15 is 0 Å². The summed E-state index contributed by atoms with van der Waals surface area (Å²) in [6.07, 6.45) is 1.62. The second-order valence-electron chi connectivity index (χ2n) is 2.49. The molecule has 1 aliphatic rings. The van der Waals surface area contributed by atoms with E-state index in [4.69, 9.17) is 11.6 Å². The van der Waals surface area contributed by atoms with Gasteiger partial charge in [0, 0.05) is 4.88 Å². The van der Waals surface area contributed by atoms with Gasteiger partial charge in [-0.1, -0.05) is 11.6 Å². The first kappa shape index (κ1) is 9.76. The molecular weight excluding hydrogens is 242 g/mol. The summed E-state index contributed by atoms with van der Waals surface area (Å²) in [6, 6.07) is 1.75. The second kappa shape index (κ2) is 3.76. The highest BCUT2D eigenvalue weighted by Crippen LogP contribution is 2.30. The third-order valence-electron chi connectivity index (χ3n) is 1.55. The van der Waals surface area contributed by atoms with Crippen molar-refractivity contribution in [3.05, 3.63) is 26.3 Å². The fraction of sp³-hybridized carbons (Fsp3) is 0. The SMILES string of the molecule is O=C1NC(=O)/C(=C/c2sccc2Cl)S1. The van der Waals surface area contributed by atoms with Crippen LogP contribution >= 0.6 is 34.7 Å². The van der Waals surface area contributed by atoms with Crippen LogP contribution < -0.4 is 5.32 Å². The summed E-state index contributed by atoms with van der Waals surface area (Å²) < 4.78 is 0. The molecule has 14 heavy (non-hydrogen) atoms. The van der Waals surface area contributed by atoms with Crippen LogP contribution in [0.4, 0.5) is 4.79 Å². The summed E-state index contributed by atoms with van der Waals surface area (Å²) in [5, 5.41) is 4.26. The Balaban J connectivity index is 2.32. The highest BCUT2D eigenvalue weighted by Gasteiger charge is 2.25. The lowest BCUT2D eigenvalue weighted by Crippen LogP contribution is -2.17. The Morgan fingerprint density at radius 2 is 2.21 bits per heavy atom. The molecule has 0 unspecified atom stereocenters. The quantitative estimate of drug-likeness (QED) is 0.774. The number of amides is 2. The molecule has 0 spiro atoms. The average molecular weight is 246 g/mol. The maximum absolute atomic E-state index is 11.2. The molecule has 1 aromatic rings. The average Bonchev–Trinajstić information content (AvgIpc) is 2.62. The van der Waals surface area contributed by atoms with Crippen LogP contribution in [0.25, 0.3) is 6.08 Å². The van der Waals surface area contributed by atoms with E-state index < -0.39 is 0 Å². The summed E-state index contributed by atoms with van der Waals surface area (Å²) in [7, 11) is 0. The van der Waals surface area contributed by atoms with E-state index in [-0.39, 0.29) is 11.1 Å². The van der Waals surface area contributed by atoms with E-state index in [0.717, 1.165) is 16.6 Å². The summed E-state index contributed by atoms with van der Waals surface area (Å²) in [5.41, 5.74) is 0. The predicted octanol–water partition coefficient (Wildman–Crippen LogP) is 2.73. The number of imide groups is 1. The van der Waals surface area contributed by atoms with Gasteiger partial charge < -0.3 is 0 Å². The van der Waals surface area contributed by atoms with Gasteiger partial charge in [0.25, 0.3) is 11.1 Å². The number of rotatable bonds is 1. The van der Waals surface area contributed by atoms with Crippen LogP contribution in [0.5, 0.6) is 0 Å². The van der Waals surface area contributed by atoms with Crippen molar-refractivity contribution >= 4 is 51.9 Å². The molecule has 0 aliphatic carbocycles. The van der Waals surface area contributed by atoms with Gasteiger partial charge in [0.05, 0.1) is 9.93 Å². The highest BCUT2D eigenvalue weighted by molar-refractivity contribution is 8.18. The highest BCUT2D eigenvalue weighted by atomic mass is 35.5. The predicted molar refractivity (Wildman–Crippen MR) is 58.4 cm³/mol. The van der Waals surface area contributed by atoms with Gasteiger partial charge >= 0.3 is 0 Å². The molecule has 0 saturated carbocycles. The van der Waals surface area contributed by atoms with Gasteiger partial charge in [-0.2, -0.15) is 0 Å². The number of thioether (sulfide) groups is 1. The largest absolute Gasteiger partial charge is 0.290 e. The lowest BCUT2D eigenvalue weighted by atomic mass is 10.4. The first-order valence-corrected chi connectivity index (χ1v) is 5.72. The smallest absolute Gasteiger partial charge is 0.282 e. The summed E-state index contributed by atoms with van der Waals surface area (Å²) in [4.78, 5) is 23.2. The second-order valence-corrected chi connectivity index (χ2v) is 4.85. The number of hydrogen-bond acceptors (Lipinski definition) is 4. The Hall–Kier alpha value is -0.780. The molecule has 1 saturated heterocycles. The number of nitrogens with one attached hydrogen (secondary N) is 1. The summed E-state index contributed by atoms with van der Waals surface area (Å²) >= 11 is 8.16. The van der Waals surface area contributed by atoms with E-state index in [0.29, 0.717) is 9.93 Å². The lowest BCUT2D eigenvalue weighted by Gasteiger charge is -1.90. The fourth-order valence-electron chi connectivity index (χ4n) is 0.949. The van der Waals surface area contributed by atoms with E-state index in [1.165, 1.54) is 11.3 Å². The molecule has 0 atom stereocenters. The molecule has 2 amide bonds. The minimum atomic E-state index is -0.357. The van der Waals surface area contributed by atoms with Gasteiger partial charge in [0.1, 0.15) is 0 Å². The van der Waals surface area contributed by atoms with Crippen LogP contribution in [0.3, 0.4) is 0 Å². The van der Waals surface area contributed by atoms with Crippen LogP contribution in [-0.4, -0.2) is 11.1 Å². The maximum Gasteiger partial charge on any atom is 0.290 e. The molecule has 1 aromatic heterocycles. The van der Waals surface area contributed by atoms with Gasteiger partial charge in [-0.15, -0.1) is 11.3 Å². The Labute approximate surface area is 93.1 Å². The van der Waals surface area contributed by atoms with Gasteiger partial charge in [0.15, 0.2) is 0 Å². The topological polar surface area (TPSA) is 46.2 Å². The van der Waals surface area contributed by atoms with E-state index in [1.807, 2.05) is 5.38 Å². The monoisotopic (exact) mass is 245 g/mol. The van der Waals surface area contributed by atoms with Crippen molar-refractivity contribution < 1.29 is 9.59 Å². The summed E-state index contributed by atoms with van der Waals surface area (Å²) in [5.74, 6) is -0.357. The molecule has 1 fully saturated rings. The van der Waals surface area contributed by atoms with E-state index in [2.05, 4.69) is 5.32 Å². The molecular formula is C8H4ClNO2S2. The van der Waals surface area contributed by atoms with Crippen molar-refractivity contribution in [3.8, 4) is 0 Å². The van der Waals surface area contributed by atoms with Crippen molar-refractivity contribution in [1.82, 2.24) is 5.32 Å². The first-order valence-electron chi connectivity index (χ1n) is 3.64. The minimum Gasteiger partial charge on any atom is -0.282 e. The van der Waals surface area contributed by atoms with Crippen molar-refractivity contribution in [2.24, 2.45) is 0 Å². The first-order chi connectivity index (χ1) is 6.66. The molecule has 1 aliphatic heterocycles. The van der Waals surface area contributed by atoms with Crippen LogP contribution in [0.2, 0.25) is 5.02 Å². The molecule has 0 radical (unpaired) electrons. The number of halogens is 1. The van der Waals surface area contributed by atoms with Crippen LogP contribution in [0, 0.1) is 0 Å². The van der Waals surface area contributed by atoms with Gasteiger partial charge in [0.2, 0.25) is 0 Å². The maximum atomic E-state index is 11.2.